The van der Waals surface area contributed by atoms with Gasteiger partial charge in [0.25, 0.3) is 0 Å². The first-order valence-electron chi connectivity index (χ1n) is 5.81. The lowest BCUT2D eigenvalue weighted by Crippen LogP contribution is -2.65. The smallest absolute Gasteiger partial charge is 0.204 e. The van der Waals surface area contributed by atoms with Crippen LogP contribution in [0.5, 0.6) is 0 Å². The maximum Gasteiger partial charge on any atom is 0.204 e. The summed E-state index contributed by atoms with van der Waals surface area (Å²) in [5.41, 5.74) is 2.11. The lowest BCUT2D eigenvalue weighted by molar-refractivity contribution is 0.345. The fourth-order valence-electron chi connectivity index (χ4n) is 1.94. The minimum Gasteiger partial charge on any atom is -0.416 e. The largest absolute Gasteiger partial charge is 0.416 e. The molecule has 1 aromatic carbocycles. The Hall–Kier alpha value is -0.646. The van der Waals surface area contributed by atoms with E-state index in [0.717, 1.165) is 6.61 Å². The second-order valence-electron chi connectivity index (χ2n) is 4.74. The van der Waals surface area contributed by atoms with E-state index in [1.165, 1.54) is 5.19 Å². The molecule has 1 unspecified atom stereocenters. The molecule has 0 spiro atoms. The van der Waals surface area contributed by atoms with Gasteiger partial charge in [-0.05, 0) is 13.5 Å². The summed E-state index contributed by atoms with van der Waals surface area (Å²) in [7, 11) is -3.34. The fraction of sp³-hybridized carbons (Fsp3) is 0.385. The molecule has 1 nitrogen and oxygen atoms in total. The van der Waals surface area contributed by atoms with E-state index in [9.17, 15) is 0 Å². The zero-order valence-corrected chi connectivity index (χ0v) is 12.8. The molecule has 0 radical (unpaired) electrons. The van der Waals surface area contributed by atoms with E-state index in [2.05, 4.69) is 69.2 Å². The molecule has 0 aliphatic rings. The van der Waals surface area contributed by atoms with Crippen LogP contribution in [0.1, 0.15) is 6.92 Å². The predicted octanol–water partition coefficient (Wildman–Crippen LogP) is 3.02. The van der Waals surface area contributed by atoms with Crippen molar-refractivity contribution in [2.24, 2.45) is 0 Å². The third-order valence-electron chi connectivity index (χ3n) is 3.57. The van der Waals surface area contributed by atoms with Crippen molar-refractivity contribution in [1.82, 2.24) is 0 Å². The SMILES string of the molecule is C=C[Si](C)(OCC)[Si](C)(C)c1ccccc1. The molecule has 0 aromatic heterocycles. The van der Waals surface area contributed by atoms with Gasteiger partial charge in [-0.2, -0.15) is 0 Å². The van der Waals surface area contributed by atoms with Crippen molar-refractivity contribution < 1.29 is 4.43 Å². The number of hydrogen-bond acceptors (Lipinski definition) is 1. The highest BCUT2D eigenvalue weighted by atomic mass is 29.3. The van der Waals surface area contributed by atoms with Crippen LogP contribution in [-0.4, -0.2) is 22.0 Å². The standard InChI is InChI=1S/C13H22OSi2/c1-6-14-16(5,7-2)15(3,4)13-11-9-8-10-12-13/h7-12H,2,6H2,1,3-5H3. The summed E-state index contributed by atoms with van der Waals surface area (Å²) in [4.78, 5) is 0. The second-order valence-corrected chi connectivity index (χ2v) is 18.2. The Morgan fingerprint density at radius 1 is 1.19 bits per heavy atom. The third-order valence-corrected chi connectivity index (χ3v) is 18.9. The Labute approximate surface area is 101 Å². The van der Waals surface area contributed by atoms with Crippen LogP contribution in [0, 0.1) is 0 Å². The fourth-order valence-corrected chi connectivity index (χ4v) is 10.4. The molecule has 3 heteroatoms. The van der Waals surface area contributed by atoms with E-state index in [1.54, 1.807) is 0 Å². The van der Waals surface area contributed by atoms with Crippen molar-refractivity contribution in [3.8, 4) is 0 Å². The van der Waals surface area contributed by atoms with Gasteiger partial charge in [-0.25, -0.2) is 0 Å². The molecule has 0 amide bonds. The average Bonchev–Trinajstić information content (AvgIpc) is 2.30. The van der Waals surface area contributed by atoms with Gasteiger partial charge >= 0.3 is 0 Å². The molecule has 0 N–H and O–H groups in total. The average molecular weight is 250 g/mol. The van der Waals surface area contributed by atoms with Crippen LogP contribution < -0.4 is 5.19 Å². The molecule has 0 aliphatic carbocycles. The van der Waals surface area contributed by atoms with Crippen LogP contribution in [0.4, 0.5) is 0 Å². The summed E-state index contributed by atoms with van der Waals surface area (Å²) in [6.45, 7) is 14.0. The summed E-state index contributed by atoms with van der Waals surface area (Å²) in [5.74, 6) is 0. The summed E-state index contributed by atoms with van der Waals surface area (Å²) < 4.78 is 6.08. The van der Waals surface area contributed by atoms with Gasteiger partial charge in [0, 0.05) is 6.61 Å². The first-order chi connectivity index (χ1) is 7.48. The quantitative estimate of drug-likeness (QED) is 0.730. The highest BCUT2D eigenvalue weighted by Gasteiger charge is 2.45. The van der Waals surface area contributed by atoms with Crippen LogP contribution in [0.2, 0.25) is 19.6 Å². The predicted molar refractivity (Wildman–Crippen MR) is 77.0 cm³/mol. The zero-order valence-electron chi connectivity index (χ0n) is 10.8. The molecule has 0 saturated heterocycles. The van der Waals surface area contributed by atoms with Gasteiger partial charge in [-0.3, -0.25) is 0 Å². The molecule has 0 saturated carbocycles. The van der Waals surface area contributed by atoms with E-state index < -0.39 is 15.4 Å². The van der Waals surface area contributed by atoms with Crippen molar-refractivity contribution in [2.45, 2.75) is 26.6 Å². The maximum atomic E-state index is 6.08. The molecule has 0 fully saturated rings. The van der Waals surface area contributed by atoms with E-state index >= 15 is 0 Å². The second kappa shape index (κ2) is 5.12. The van der Waals surface area contributed by atoms with Crippen LogP contribution in [0.3, 0.4) is 0 Å². The minimum atomic E-state index is -1.79. The Bertz CT molecular complexity index is 348. The third kappa shape index (κ3) is 2.37. The van der Waals surface area contributed by atoms with Crippen molar-refractivity contribution in [2.75, 3.05) is 6.61 Å². The van der Waals surface area contributed by atoms with Crippen LogP contribution in [0.25, 0.3) is 0 Å². The molecule has 1 aromatic rings. The van der Waals surface area contributed by atoms with E-state index in [1.807, 2.05) is 0 Å². The Balaban J connectivity index is 3.13. The molecule has 0 heterocycles. The summed E-state index contributed by atoms with van der Waals surface area (Å²) in [5, 5.41) is 1.47. The maximum absolute atomic E-state index is 6.08. The number of benzene rings is 1. The Morgan fingerprint density at radius 3 is 2.19 bits per heavy atom. The van der Waals surface area contributed by atoms with Gasteiger partial charge in [-0.15, -0.1) is 6.58 Å². The normalized spacial score (nSPS) is 15.5. The minimum absolute atomic E-state index is 0.790. The van der Waals surface area contributed by atoms with E-state index in [-0.39, 0.29) is 0 Å². The molecular weight excluding hydrogens is 228 g/mol. The van der Waals surface area contributed by atoms with Crippen LogP contribution in [-0.2, 0) is 4.43 Å². The first-order valence-corrected chi connectivity index (χ1v) is 12.3. The Kier molecular flexibility index (Phi) is 4.30. The lowest BCUT2D eigenvalue weighted by atomic mass is 10.4. The van der Waals surface area contributed by atoms with Gasteiger partial charge in [-0.1, -0.05) is 54.3 Å². The number of rotatable bonds is 5. The van der Waals surface area contributed by atoms with E-state index in [0.29, 0.717) is 0 Å². The summed E-state index contributed by atoms with van der Waals surface area (Å²) >= 11 is 0. The van der Waals surface area contributed by atoms with Gasteiger partial charge in [0.2, 0.25) is 7.83 Å². The number of hydrogen-bond donors (Lipinski definition) is 0. The van der Waals surface area contributed by atoms with Gasteiger partial charge in [0.1, 0.15) is 7.59 Å². The summed E-state index contributed by atoms with van der Waals surface area (Å²) in [6, 6.07) is 10.8. The van der Waals surface area contributed by atoms with Crippen LogP contribution >= 0.6 is 0 Å². The molecular formula is C13H22OSi2. The molecule has 88 valence electrons. The Morgan fingerprint density at radius 2 is 1.75 bits per heavy atom. The summed E-state index contributed by atoms with van der Waals surface area (Å²) in [6.07, 6.45) is 0. The topological polar surface area (TPSA) is 9.23 Å². The van der Waals surface area contributed by atoms with Gasteiger partial charge in [0.05, 0.1) is 0 Å². The van der Waals surface area contributed by atoms with E-state index in [4.69, 9.17) is 4.43 Å². The van der Waals surface area contributed by atoms with Crippen molar-refractivity contribution in [1.29, 1.82) is 0 Å². The lowest BCUT2D eigenvalue weighted by Gasteiger charge is -2.38. The van der Waals surface area contributed by atoms with Crippen molar-refractivity contribution in [3.63, 3.8) is 0 Å². The van der Waals surface area contributed by atoms with Crippen LogP contribution in [0.15, 0.2) is 42.6 Å². The zero-order chi connectivity index (χ0) is 12.2. The molecule has 0 aliphatic heterocycles. The first kappa shape index (κ1) is 13.4. The van der Waals surface area contributed by atoms with Crippen molar-refractivity contribution in [3.05, 3.63) is 42.6 Å². The molecule has 16 heavy (non-hydrogen) atoms. The van der Waals surface area contributed by atoms with Crippen molar-refractivity contribution >= 4 is 20.6 Å². The molecule has 1 atom stereocenters. The van der Waals surface area contributed by atoms with Gasteiger partial charge in [0.15, 0.2) is 0 Å². The van der Waals surface area contributed by atoms with Gasteiger partial charge < -0.3 is 4.43 Å². The highest BCUT2D eigenvalue weighted by Crippen LogP contribution is 2.21. The monoisotopic (exact) mass is 250 g/mol. The highest BCUT2D eigenvalue weighted by molar-refractivity contribution is 7.45. The molecule has 0 bridgehead atoms. The molecule has 1 rings (SSSR count).